The third kappa shape index (κ3) is 4.10. The Morgan fingerprint density at radius 3 is 2.60 bits per heavy atom. The molecule has 0 saturated carbocycles. The van der Waals surface area contributed by atoms with Crippen molar-refractivity contribution < 1.29 is 22.7 Å². The second-order valence-electron chi connectivity index (χ2n) is 4.76. The van der Waals surface area contributed by atoms with Crippen molar-refractivity contribution in [2.45, 2.75) is 6.18 Å². The molecule has 0 saturated heterocycles. The van der Waals surface area contributed by atoms with Crippen molar-refractivity contribution in [3.05, 3.63) is 60.0 Å². The minimum Gasteiger partial charge on any atom is -0.439 e. The number of halogens is 3. The maximum atomic E-state index is 12.5. The summed E-state index contributed by atoms with van der Waals surface area (Å²) in [4.78, 5) is 19.2. The van der Waals surface area contributed by atoms with E-state index in [1.54, 1.807) is 29.4 Å². The number of amides is 1. The number of ether oxygens (including phenoxy) is 1. The third-order valence-corrected chi connectivity index (χ3v) is 2.94. The summed E-state index contributed by atoms with van der Waals surface area (Å²) in [7, 11) is 0. The summed E-state index contributed by atoms with van der Waals surface area (Å²) in [5.74, 6) is -1.81. The number of nitrogens with one attached hydrogen (secondary N) is 2. The lowest BCUT2D eigenvalue weighted by molar-refractivity contribution is -0.144. The van der Waals surface area contributed by atoms with Crippen molar-refractivity contribution in [1.82, 2.24) is 20.2 Å². The summed E-state index contributed by atoms with van der Waals surface area (Å²) in [6, 6.07) is 11.5. The number of alkyl halides is 3. The molecule has 0 bridgehead atoms. The Balaban J connectivity index is 1.72. The van der Waals surface area contributed by atoms with Crippen LogP contribution in [0.15, 0.2) is 48.7 Å². The molecule has 0 aliphatic heterocycles. The average molecular weight is 349 g/mol. The van der Waals surface area contributed by atoms with Crippen molar-refractivity contribution in [3.63, 3.8) is 0 Å². The molecule has 128 valence electrons. The molecule has 25 heavy (non-hydrogen) atoms. The Morgan fingerprint density at radius 1 is 1.16 bits per heavy atom. The molecule has 0 aliphatic rings. The predicted molar refractivity (Wildman–Crippen MR) is 80.1 cm³/mol. The third-order valence-electron chi connectivity index (χ3n) is 2.94. The highest BCUT2D eigenvalue weighted by molar-refractivity contribution is 6.03. The van der Waals surface area contributed by atoms with Gasteiger partial charge in [0.05, 0.1) is 0 Å². The Labute approximate surface area is 138 Å². The van der Waals surface area contributed by atoms with Gasteiger partial charge in [-0.15, -0.1) is 5.10 Å². The minimum absolute atomic E-state index is 0.124. The van der Waals surface area contributed by atoms with E-state index in [9.17, 15) is 18.0 Å². The summed E-state index contributed by atoms with van der Waals surface area (Å²) >= 11 is 0. The standard InChI is InChI=1S/C15H10F3N5O2/c16-15(17,18)13-21-14(23-22-13)20-12(24)9-6-7-19-11(8-9)25-10-4-2-1-3-5-10/h1-8H,(H2,20,21,22,23,24). The number of nitrogens with zero attached hydrogens (tertiary/aromatic N) is 3. The van der Waals surface area contributed by atoms with Gasteiger partial charge >= 0.3 is 6.18 Å². The van der Waals surface area contributed by atoms with E-state index in [4.69, 9.17) is 4.74 Å². The van der Waals surface area contributed by atoms with Crippen LogP contribution in [0, 0.1) is 0 Å². The summed E-state index contributed by atoms with van der Waals surface area (Å²) in [6.07, 6.45) is -3.34. The highest BCUT2D eigenvalue weighted by Gasteiger charge is 2.35. The van der Waals surface area contributed by atoms with Gasteiger partial charge in [0, 0.05) is 17.8 Å². The zero-order valence-corrected chi connectivity index (χ0v) is 12.4. The molecule has 3 rings (SSSR count). The Morgan fingerprint density at radius 2 is 1.92 bits per heavy atom. The monoisotopic (exact) mass is 349 g/mol. The van der Waals surface area contributed by atoms with Crippen molar-refractivity contribution in [1.29, 1.82) is 0 Å². The molecular weight excluding hydrogens is 339 g/mol. The van der Waals surface area contributed by atoms with Gasteiger partial charge in [-0.25, -0.2) is 4.98 Å². The van der Waals surface area contributed by atoms with Gasteiger partial charge in [0.1, 0.15) is 5.75 Å². The fourth-order valence-corrected chi connectivity index (χ4v) is 1.83. The van der Waals surface area contributed by atoms with Crippen LogP contribution in [0.2, 0.25) is 0 Å². The van der Waals surface area contributed by atoms with Crippen LogP contribution in [0.5, 0.6) is 11.6 Å². The molecule has 0 spiro atoms. The summed E-state index contributed by atoms with van der Waals surface area (Å²) in [6.45, 7) is 0. The molecule has 0 aliphatic carbocycles. The maximum absolute atomic E-state index is 12.5. The SMILES string of the molecule is O=C(Nc1n[nH]c(C(F)(F)F)n1)c1ccnc(Oc2ccccc2)c1. The smallest absolute Gasteiger partial charge is 0.439 e. The number of H-pyrrole nitrogens is 1. The number of rotatable bonds is 4. The molecule has 10 heteroatoms. The van der Waals surface area contributed by atoms with Crippen molar-refractivity contribution in [2.75, 3.05) is 5.32 Å². The van der Waals surface area contributed by atoms with E-state index in [1.165, 1.54) is 18.3 Å². The molecule has 2 N–H and O–H groups in total. The number of benzene rings is 1. The largest absolute Gasteiger partial charge is 0.451 e. The van der Waals surface area contributed by atoms with E-state index in [1.807, 2.05) is 6.07 Å². The summed E-state index contributed by atoms with van der Waals surface area (Å²) < 4.78 is 42.8. The topological polar surface area (TPSA) is 92.8 Å². The molecule has 0 unspecified atom stereocenters. The molecule has 0 atom stereocenters. The molecular formula is C15H10F3N5O2. The number of carbonyl (C=O) groups excluding carboxylic acids is 1. The van der Waals surface area contributed by atoms with Crippen LogP contribution in [0.3, 0.4) is 0 Å². The van der Waals surface area contributed by atoms with Crippen LogP contribution in [0.4, 0.5) is 19.1 Å². The van der Waals surface area contributed by atoms with E-state index in [2.05, 4.69) is 20.4 Å². The first-order chi connectivity index (χ1) is 11.9. The first-order valence-corrected chi connectivity index (χ1v) is 6.92. The number of carbonyl (C=O) groups is 1. The predicted octanol–water partition coefficient (Wildman–Crippen LogP) is 3.26. The zero-order chi connectivity index (χ0) is 17.9. The van der Waals surface area contributed by atoms with Crippen LogP contribution in [-0.4, -0.2) is 26.1 Å². The first kappa shape index (κ1) is 16.4. The first-order valence-electron chi connectivity index (χ1n) is 6.92. The molecule has 1 amide bonds. The Bertz CT molecular complexity index is 880. The number of hydrogen-bond acceptors (Lipinski definition) is 5. The number of anilines is 1. The molecule has 7 nitrogen and oxygen atoms in total. The lowest BCUT2D eigenvalue weighted by atomic mass is 10.2. The Kier molecular flexibility index (Phi) is 4.33. The number of para-hydroxylation sites is 1. The second-order valence-corrected chi connectivity index (χ2v) is 4.76. The van der Waals surface area contributed by atoms with E-state index in [-0.39, 0.29) is 11.4 Å². The molecule has 3 aromatic rings. The van der Waals surface area contributed by atoms with Gasteiger partial charge in [0.2, 0.25) is 17.7 Å². The number of aromatic nitrogens is 4. The van der Waals surface area contributed by atoms with E-state index in [0.717, 1.165) is 0 Å². The van der Waals surface area contributed by atoms with E-state index >= 15 is 0 Å². The van der Waals surface area contributed by atoms with Crippen LogP contribution >= 0.6 is 0 Å². The highest BCUT2D eigenvalue weighted by atomic mass is 19.4. The Hall–Kier alpha value is -3.43. The van der Waals surface area contributed by atoms with Gasteiger partial charge in [-0.05, 0) is 18.2 Å². The summed E-state index contributed by atoms with van der Waals surface area (Å²) in [5, 5.41) is 7.18. The average Bonchev–Trinajstić information content (AvgIpc) is 3.05. The fourth-order valence-electron chi connectivity index (χ4n) is 1.83. The van der Waals surface area contributed by atoms with Crippen LogP contribution in [0.25, 0.3) is 0 Å². The van der Waals surface area contributed by atoms with Gasteiger partial charge < -0.3 is 4.74 Å². The van der Waals surface area contributed by atoms with Gasteiger partial charge in [0.15, 0.2) is 0 Å². The zero-order valence-electron chi connectivity index (χ0n) is 12.4. The normalized spacial score (nSPS) is 11.2. The molecule has 0 fully saturated rings. The van der Waals surface area contributed by atoms with Crippen molar-refractivity contribution in [3.8, 4) is 11.6 Å². The summed E-state index contributed by atoms with van der Waals surface area (Å²) in [5.41, 5.74) is 0.124. The number of pyridine rings is 1. The van der Waals surface area contributed by atoms with Crippen molar-refractivity contribution in [2.24, 2.45) is 0 Å². The number of aromatic amines is 1. The number of hydrogen-bond donors (Lipinski definition) is 2. The second kappa shape index (κ2) is 6.59. The van der Waals surface area contributed by atoms with Gasteiger partial charge in [-0.3, -0.25) is 15.2 Å². The quantitative estimate of drug-likeness (QED) is 0.754. The maximum Gasteiger partial charge on any atom is 0.451 e. The molecule has 2 aromatic heterocycles. The lowest BCUT2D eigenvalue weighted by Gasteiger charge is -2.06. The fraction of sp³-hybridized carbons (Fsp3) is 0.0667. The van der Waals surface area contributed by atoms with Crippen molar-refractivity contribution >= 4 is 11.9 Å². The molecule has 1 aromatic carbocycles. The highest BCUT2D eigenvalue weighted by Crippen LogP contribution is 2.26. The minimum atomic E-state index is -4.68. The van der Waals surface area contributed by atoms with E-state index in [0.29, 0.717) is 5.75 Å². The van der Waals surface area contributed by atoms with Gasteiger partial charge in [-0.2, -0.15) is 18.2 Å². The van der Waals surface area contributed by atoms with Crippen LogP contribution in [-0.2, 0) is 6.18 Å². The molecule has 2 heterocycles. The van der Waals surface area contributed by atoms with Crippen LogP contribution < -0.4 is 10.1 Å². The molecule has 0 radical (unpaired) electrons. The van der Waals surface area contributed by atoms with Crippen LogP contribution in [0.1, 0.15) is 16.2 Å². The van der Waals surface area contributed by atoms with Gasteiger partial charge in [-0.1, -0.05) is 18.2 Å². The lowest BCUT2D eigenvalue weighted by Crippen LogP contribution is -2.13. The van der Waals surface area contributed by atoms with Gasteiger partial charge in [0.25, 0.3) is 5.91 Å². The van der Waals surface area contributed by atoms with E-state index < -0.39 is 23.9 Å².